The molecule has 0 atom stereocenters. The molecule has 0 spiro atoms. The number of anilines is 1. The number of hydrogen-bond acceptors (Lipinski definition) is 4. The fourth-order valence-electron chi connectivity index (χ4n) is 2.68. The lowest BCUT2D eigenvalue weighted by atomic mass is 10.1. The molecule has 102 valence electrons. The van der Waals surface area contributed by atoms with E-state index in [4.69, 9.17) is 11.6 Å². The Hall–Kier alpha value is -1.36. The summed E-state index contributed by atoms with van der Waals surface area (Å²) < 4.78 is 1.74. The summed E-state index contributed by atoms with van der Waals surface area (Å²) in [4.78, 5) is 8.33. The molecule has 3 rings (SSSR count). The second-order valence-electron chi connectivity index (χ2n) is 5.18. The first-order chi connectivity index (χ1) is 9.25. The number of halogens is 1. The number of nitrogens with zero attached hydrogens (tertiary/aromatic N) is 4. The van der Waals surface area contributed by atoms with Gasteiger partial charge in [0.1, 0.15) is 17.3 Å². The standard InChI is InChI=1S/C13H18ClN5/c1-9-11(14)18-13-15-8-16-19(13)12(9)17-10-6-4-2-3-5-7-10/h8,10,17H,2-7H2,1H3. The van der Waals surface area contributed by atoms with Crippen molar-refractivity contribution < 1.29 is 0 Å². The van der Waals surface area contributed by atoms with Crippen LogP contribution < -0.4 is 5.32 Å². The van der Waals surface area contributed by atoms with Gasteiger partial charge in [0.15, 0.2) is 0 Å². The van der Waals surface area contributed by atoms with E-state index in [1.165, 1.54) is 44.9 Å². The molecule has 0 unspecified atom stereocenters. The Balaban J connectivity index is 1.94. The highest BCUT2D eigenvalue weighted by Crippen LogP contribution is 2.26. The number of hydrogen-bond donors (Lipinski definition) is 1. The highest BCUT2D eigenvalue weighted by molar-refractivity contribution is 6.30. The van der Waals surface area contributed by atoms with Crippen LogP contribution in [0.1, 0.15) is 44.1 Å². The van der Waals surface area contributed by atoms with Crippen molar-refractivity contribution in [2.45, 2.75) is 51.5 Å². The Labute approximate surface area is 117 Å². The minimum atomic E-state index is 0.493. The van der Waals surface area contributed by atoms with E-state index in [2.05, 4.69) is 20.4 Å². The highest BCUT2D eigenvalue weighted by Gasteiger charge is 2.17. The van der Waals surface area contributed by atoms with E-state index in [-0.39, 0.29) is 0 Å². The van der Waals surface area contributed by atoms with E-state index in [9.17, 15) is 0 Å². The van der Waals surface area contributed by atoms with E-state index in [1.807, 2.05) is 6.92 Å². The first kappa shape index (κ1) is 12.7. The van der Waals surface area contributed by atoms with Crippen LogP contribution in [0.2, 0.25) is 5.15 Å². The molecule has 0 aliphatic heterocycles. The van der Waals surface area contributed by atoms with E-state index in [1.54, 1.807) is 4.52 Å². The molecule has 5 nitrogen and oxygen atoms in total. The zero-order valence-electron chi connectivity index (χ0n) is 11.1. The van der Waals surface area contributed by atoms with Crippen LogP contribution in [-0.2, 0) is 0 Å². The van der Waals surface area contributed by atoms with Crippen LogP contribution in [-0.4, -0.2) is 25.6 Å². The lowest BCUT2D eigenvalue weighted by Crippen LogP contribution is -2.21. The van der Waals surface area contributed by atoms with Crippen molar-refractivity contribution >= 4 is 23.2 Å². The van der Waals surface area contributed by atoms with Crippen molar-refractivity contribution in [3.05, 3.63) is 17.0 Å². The molecule has 19 heavy (non-hydrogen) atoms. The summed E-state index contributed by atoms with van der Waals surface area (Å²) in [6, 6.07) is 0.493. The van der Waals surface area contributed by atoms with Crippen molar-refractivity contribution in [3.63, 3.8) is 0 Å². The van der Waals surface area contributed by atoms with Gasteiger partial charge in [-0.1, -0.05) is 37.3 Å². The van der Waals surface area contributed by atoms with Crippen LogP contribution in [0.4, 0.5) is 5.82 Å². The van der Waals surface area contributed by atoms with Crippen molar-refractivity contribution in [1.82, 2.24) is 19.6 Å². The summed E-state index contributed by atoms with van der Waals surface area (Å²) in [6.45, 7) is 1.97. The number of rotatable bonds is 2. The lowest BCUT2D eigenvalue weighted by molar-refractivity contribution is 0.614. The Bertz CT molecular complexity index is 572. The summed E-state index contributed by atoms with van der Waals surface area (Å²) in [6.07, 6.45) is 9.17. The molecule has 6 heteroatoms. The van der Waals surface area contributed by atoms with Crippen LogP contribution in [0.25, 0.3) is 5.78 Å². The molecule has 0 bridgehead atoms. The maximum atomic E-state index is 6.17. The molecule has 1 aliphatic carbocycles. The monoisotopic (exact) mass is 279 g/mol. The Morgan fingerprint density at radius 3 is 2.74 bits per heavy atom. The molecule has 1 fully saturated rings. The van der Waals surface area contributed by atoms with E-state index in [0.29, 0.717) is 17.0 Å². The van der Waals surface area contributed by atoms with Gasteiger partial charge in [-0.05, 0) is 19.8 Å². The van der Waals surface area contributed by atoms with Gasteiger partial charge >= 0.3 is 0 Å². The van der Waals surface area contributed by atoms with Crippen molar-refractivity contribution in [2.24, 2.45) is 0 Å². The molecule has 1 saturated carbocycles. The van der Waals surface area contributed by atoms with Crippen LogP contribution in [0.3, 0.4) is 0 Å². The second-order valence-corrected chi connectivity index (χ2v) is 5.54. The Morgan fingerprint density at radius 2 is 2.00 bits per heavy atom. The lowest BCUT2D eigenvalue weighted by Gasteiger charge is -2.19. The molecular formula is C13H18ClN5. The first-order valence-corrected chi connectivity index (χ1v) is 7.26. The van der Waals surface area contributed by atoms with Gasteiger partial charge in [-0.15, -0.1) is 0 Å². The SMILES string of the molecule is Cc1c(Cl)nc2ncnn2c1NC1CCCCCC1. The van der Waals surface area contributed by atoms with Gasteiger partial charge in [0.25, 0.3) is 5.78 Å². The van der Waals surface area contributed by atoms with Gasteiger partial charge in [0.05, 0.1) is 0 Å². The molecule has 2 heterocycles. The normalized spacial score (nSPS) is 17.6. The minimum absolute atomic E-state index is 0.493. The zero-order valence-corrected chi connectivity index (χ0v) is 11.8. The third-order valence-electron chi connectivity index (χ3n) is 3.80. The maximum absolute atomic E-state index is 6.17. The second kappa shape index (κ2) is 5.33. The van der Waals surface area contributed by atoms with Gasteiger partial charge in [-0.3, -0.25) is 0 Å². The highest BCUT2D eigenvalue weighted by atomic mass is 35.5. The van der Waals surface area contributed by atoms with Crippen molar-refractivity contribution in [1.29, 1.82) is 0 Å². The van der Waals surface area contributed by atoms with Gasteiger partial charge in [0, 0.05) is 11.6 Å². The minimum Gasteiger partial charge on any atom is -0.367 e. The molecule has 1 N–H and O–H groups in total. The van der Waals surface area contributed by atoms with Gasteiger partial charge in [-0.25, -0.2) is 0 Å². The van der Waals surface area contributed by atoms with E-state index < -0.39 is 0 Å². The molecular weight excluding hydrogens is 262 g/mol. The molecule has 1 aliphatic rings. The zero-order chi connectivity index (χ0) is 13.2. The molecule has 0 saturated heterocycles. The average molecular weight is 280 g/mol. The van der Waals surface area contributed by atoms with Gasteiger partial charge < -0.3 is 5.32 Å². The third kappa shape index (κ3) is 2.52. The summed E-state index contributed by atoms with van der Waals surface area (Å²) in [5, 5.41) is 8.32. The predicted octanol–water partition coefficient (Wildman–Crippen LogP) is 3.22. The third-order valence-corrected chi connectivity index (χ3v) is 4.17. The topological polar surface area (TPSA) is 55.1 Å². The predicted molar refractivity (Wildman–Crippen MR) is 75.6 cm³/mol. The van der Waals surface area contributed by atoms with Crippen molar-refractivity contribution in [2.75, 3.05) is 5.32 Å². The van der Waals surface area contributed by atoms with Gasteiger partial charge in [0.2, 0.25) is 0 Å². The fourth-order valence-corrected chi connectivity index (χ4v) is 2.85. The van der Waals surface area contributed by atoms with Crippen molar-refractivity contribution in [3.8, 4) is 0 Å². The number of aromatic nitrogens is 4. The molecule has 2 aromatic heterocycles. The van der Waals surface area contributed by atoms with Crippen LogP contribution in [0, 0.1) is 6.92 Å². The first-order valence-electron chi connectivity index (χ1n) is 6.88. The van der Waals surface area contributed by atoms with Gasteiger partial charge in [-0.2, -0.15) is 19.6 Å². The summed E-state index contributed by atoms with van der Waals surface area (Å²) in [5.41, 5.74) is 0.934. The van der Waals surface area contributed by atoms with Crippen LogP contribution in [0.5, 0.6) is 0 Å². The Kier molecular flexibility index (Phi) is 3.55. The van der Waals surface area contributed by atoms with E-state index in [0.717, 1.165) is 11.4 Å². The quantitative estimate of drug-likeness (QED) is 0.677. The maximum Gasteiger partial charge on any atom is 0.255 e. The van der Waals surface area contributed by atoms with Crippen LogP contribution in [0.15, 0.2) is 6.33 Å². The fraction of sp³-hybridized carbons (Fsp3) is 0.615. The van der Waals surface area contributed by atoms with E-state index >= 15 is 0 Å². The summed E-state index contributed by atoms with van der Waals surface area (Å²) in [7, 11) is 0. The molecule has 0 radical (unpaired) electrons. The molecule has 0 aromatic carbocycles. The number of fused-ring (bicyclic) bond motifs is 1. The summed E-state index contributed by atoms with van der Waals surface area (Å²) in [5.74, 6) is 1.48. The Morgan fingerprint density at radius 1 is 1.26 bits per heavy atom. The smallest absolute Gasteiger partial charge is 0.255 e. The summed E-state index contributed by atoms with van der Waals surface area (Å²) >= 11 is 6.17. The molecule has 2 aromatic rings. The van der Waals surface area contributed by atoms with Crippen LogP contribution >= 0.6 is 11.6 Å². The number of nitrogens with one attached hydrogen (secondary N) is 1. The average Bonchev–Trinajstić information content (AvgIpc) is 2.71. The largest absolute Gasteiger partial charge is 0.367 e. The molecule has 0 amide bonds.